The summed E-state index contributed by atoms with van der Waals surface area (Å²) in [6, 6.07) is 12.7. The second-order valence-electron chi connectivity index (χ2n) is 9.39. The zero-order chi connectivity index (χ0) is 27.7. The van der Waals surface area contributed by atoms with Crippen molar-refractivity contribution in [1.82, 2.24) is 29.3 Å². The van der Waals surface area contributed by atoms with Crippen LogP contribution in [-0.4, -0.2) is 82.0 Å². The van der Waals surface area contributed by atoms with Crippen LogP contribution in [0, 0.1) is 0 Å². The highest BCUT2D eigenvalue weighted by Gasteiger charge is 2.22. The van der Waals surface area contributed by atoms with Gasteiger partial charge in [0.15, 0.2) is 5.65 Å². The van der Waals surface area contributed by atoms with Crippen molar-refractivity contribution in [2.24, 2.45) is 0 Å². The monoisotopic (exact) mass is 567 g/mol. The molecule has 202 valence electrons. The van der Waals surface area contributed by atoms with E-state index >= 15 is 0 Å². The molecule has 1 aliphatic rings. The number of nitrogens with two attached hydrogens (primary N) is 1. The van der Waals surface area contributed by atoms with Gasteiger partial charge in [-0.05, 0) is 50.5 Å². The third kappa shape index (κ3) is 5.60. The highest BCUT2D eigenvalue weighted by molar-refractivity contribution is 6.37. The van der Waals surface area contributed by atoms with E-state index < -0.39 is 5.69 Å². The molecule has 1 saturated heterocycles. The number of hydrogen-bond donors (Lipinski definition) is 2. The fraction of sp³-hybridized carbons (Fsp3) is 0.269. The minimum atomic E-state index is -0.660. The van der Waals surface area contributed by atoms with Crippen LogP contribution < -0.4 is 21.6 Å². The van der Waals surface area contributed by atoms with E-state index in [0.717, 1.165) is 29.0 Å². The lowest BCUT2D eigenvalue weighted by Gasteiger charge is -2.36. The number of likely N-dealkylation sites (N-methyl/N-ethyl adjacent to an activating group) is 1. The standard InChI is InChI=1S/C26H27Cl2N9O2/c1-34(2)15-21(38)36-12-10-35(11-13-36)17-8-6-16(7-9-17)31-25-30-14-18-23(29)37(26(39)33-24(18)32-25)22-19(27)4-3-5-20(22)28/h3-9,14H,10-13,15,29H2,1-2H3,(H,31,32,33,39). The number of carbonyl (C=O) groups is 1. The van der Waals surface area contributed by atoms with Crippen LogP contribution in [-0.2, 0) is 4.79 Å². The molecular formula is C26H27Cl2N9O2. The Balaban J connectivity index is 1.30. The minimum Gasteiger partial charge on any atom is -0.384 e. The van der Waals surface area contributed by atoms with Crippen LogP contribution in [0.4, 0.5) is 23.1 Å². The molecule has 0 radical (unpaired) electrons. The predicted octanol–water partition coefficient (Wildman–Crippen LogP) is 3.02. The van der Waals surface area contributed by atoms with Crippen molar-refractivity contribution in [1.29, 1.82) is 0 Å². The third-order valence-corrected chi connectivity index (χ3v) is 7.02. The van der Waals surface area contributed by atoms with Gasteiger partial charge in [-0.1, -0.05) is 29.3 Å². The van der Waals surface area contributed by atoms with Gasteiger partial charge >= 0.3 is 5.69 Å². The van der Waals surface area contributed by atoms with Gasteiger partial charge in [-0.3, -0.25) is 4.79 Å². The molecular weight excluding hydrogens is 541 g/mol. The summed E-state index contributed by atoms with van der Waals surface area (Å²) in [4.78, 5) is 44.0. The van der Waals surface area contributed by atoms with Crippen molar-refractivity contribution >= 4 is 63.3 Å². The van der Waals surface area contributed by atoms with Crippen molar-refractivity contribution in [2.45, 2.75) is 0 Å². The van der Waals surface area contributed by atoms with Crippen molar-refractivity contribution < 1.29 is 4.79 Å². The summed E-state index contributed by atoms with van der Waals surface area (Å²) in [7, 11) is 3.79. The summed E-state index contributed by atoms with van der Waals surface area (Å²) in [5, 5.41) is 4.05. The second-order valence-corrected chi connectivity index (χ2v) is 10.2. The fourth-order valence-electron chi connectivity index (χ4n) is 4.45. The third-order valence-electron chi connectivity index (χ3n) is 6.41. The molecule has 1 fully saturated rings. The molecule has 0 aliphatic carbocycles. The number of halogens is 2. The summed E-state index contributed by atoms with van der Waals surface area (Å²) in [6.45, 7) is 3.34. The average molecular weight is 568 g/mol. The van der Waals surface area contributed by atoms with E-state index in [-0.39, 0.29) is 39.1 Å². The zero-order valence-corrected chi connectivity index (χ0v) is 22.9. The van der Waals surface area contributed by atoms with Gasteiger partial charge in [-0.15, -0.1) is 0 Å². The van der Waals surface area contributed by atoms with E-state index in [2.05, 4.69) is 25.2 Å². The fourth-order valence-corrected chi connectivity index (χ4v) is 5.02. The first-order chi connectivity index (χ1) is 18.7. The van der Waals surface area contributed by atoms with E-state index in [4.69, 9.17) is 28.9 Å². The molecule has 39 heavy (non-hydrogen) atoms. The molecule has 3 heterocycles. The van der Waals surface area contributed by atoms with Crippen LogP contribution >= 0.6 is 23.2 Å². The molecule has 2 aromatic carbocycles. The van der Waals surface area contributed by atoms with E-state index in [1.165, 1.54) is 6.20 Å². The Labute approximate surface area is 234 Å². The number of rotatable bonds is 6. The maximum atomic E-state index is 12.9. The summed E-state index contributed by atoms with van der Waals surface area (Å²) >= 11 is 12.6. The number of fused-ring (bicyclic) bond motifs is 1. The second kappa shape index (κ2) is 11.0. The zero-order valence-electron chi connectivity index (χ0n) is 21.4. The first kappa shape index (κ1) is 26.7. The number of piperazine rings is 1. The van der Waals surface area contributed by atoms with Crippen LogP contribution in [0.5, 0.6) is 0 Å². The molecule has 0 saturated carbocycles. The average Bonchev–Trinajstić information content (AvgIpc) is 2.90. The Morgan fingerprint density at radius 3 is 2.33 bits per heavy atom. The molecule has 11 nitrogen and oxygen atoms in total. The van der Waals surface area contributed by atoms with Crippen LogP contribution in [0.25, 0.3) is 16.7 Å². The van der Waals surface area contributed by atoms with Crippen molar-refractivity contribution in [3.05, 3.63) is 69.2 Å². The van der Waals surface area contributed by atoms with Gasteiger partial charge < -0.3 is 25.8 Å². The quantitative estimate of drug-likeness (QED) is 0.361. The van der Waals surface area contributed by atoms with Gasteiger partial charge in [0, 0.05) is 43.8 Å². The van der Waals surface area contributed by atoms with Crippen LogP contribution in [0.15, 0.2) is 53.5 Å². The van der Waals surface area contributed by atoms with Gasteiger partial charge in [0.1, 0.15) is 5.82 Å². The van der Waals surface area contributed by atoms with Crippen LogP contribution in [0.1, 0.15) is 0 Å². The molecule has 5 rings (SSSR count). The number of nitrogens with one attached hydrogen (secondary N) is 1. The maximum Gasteiger partial charge on any atom is 0.355 e. The SMILES string of the molecule is CN(C)CC(=O)N1CCN(c2ccc(Nc3ncc4c(N)n(-c5c(Cl)cccc5Cl)c(=O)nc4n3)cc2)CC1. The molecule has 0 atom stereocenters. The molecule has 0 bridgehead atoms. The predicted molar refractivity (Wildman–Crippen MR) is 154 cm³/mol. The molecule has 3 N–H and O–H groups in total. The van der Waals surface area contributed by atoms with Gasteiger partial charge in [0.2, 0.25) is 11.9 Å². The van der Waals surface area contributed by atoms with E-state index in [1.54, 1.807) is 18.2 Å². The molecule has 13 heteroatoms. The number of hydrogen-bond acceptors (Lipinski definition) is 9. The normalized spacial score (nSPS) is 13.8. The number of anilines is 4. The molecule has 0 unspecified atom stereocenters. The number of aromatic nitrogens is 4. The summed E-state index contributed by atoms with van der Waals surface area (Å²) in [6.07, 6.45) is 1.50. The Bertz CT molecular complexity index is 1560. The lowest BCUT2D eigenvalue weighted by Crippen LogP contribution is -2.50. The molecule has 0 spiro atoms. The van der Waals surface area contributed by atoms with Gasteiger partial charge in [-0.25, -0.2) is 14.3 Å². The largest absolute Gasteiger partial charge is 0.384 e. The molecule has 1 amide bonds. The number of amides is 1. The van der Waals surface area contributed by atoms with Gasteiger partial charge in [-0.2, -0.15) is 9.97 Å². The first-order valence-corrected chi connectivity index (χ1v) is 13.0. The minimum absolute atomic E-state index is 0.0828. The lowest BCUT2D eigenvalue weighted by atomic mass is 10.2. The highest BCUT2D eigenvalue weighted by Crippen LogP contribution is 2.30. The molecule has 4 aromatic rings. The number of nitrogen functional groups attached to an aromatic ring is 1. The summed E-state index contributed by atoms with van der Waals surface area (Å²) < 4.78 is 1.15. The maximum absolute atomic E-state index is 12.9. The van der Waals surface area contributed by atoms with Crippen molar-refractivity contribution in [2.75, 3.05) is 62.8 Å². The molecule has 2 aromatic heterocycles. The van der Waals surface area contributed by atoms with Crippen LogP contribution in [0.3, 0.4) is 0 Å². The number of carbonyl (C=O) groups excluding carboxylic acids is 1. The number of para-hydroxylation sites is 1. The Kier molecular flexibility index (Phi) is 7.56. The summed E-state index contributed by atoms with van der Waals surface area (Å²) in [5.41, 5.74) is 7.87. The molecule has 1 aliphatic heterocycles. The van der Waals surface area contributed by atoms with Crippen LogP contribution in [0.2, 0.25) is 10.0 Å². The Hall–Kier alpha value is -3.93. The number of benzene rings is 2. The van der Waals surface area contributed by atoms with Gasteiger partial charge in [0.05, 0.1) is 27.7 Å². The van der Waals surface area contributed by atoms with E-state index in [9.17, 15) is 9.59 Å². The van der Waals surface area contributed by atoms with Crippen molar-refractivity contribution in [3.8, 4) is 5.69 Å². The Morgan fingerprint density at radius 2 is 1.69 bits per heavy atom. The van der Waals surface area contributed by atoms with Gasteiger partial charge in [0.25, 0.3) is 0 Å². The lowest BCUT2D eigenvalue weighted by molar-refractivity contribution is -0.132. The summed E-state index contributed by atoms with van der Waals surface area (Å²) in [5.74, 6) is 0.500. The Morgan fingerprint density at radius 1 is 1.03 bits per heavy atom. The topological polar surface area (TPSA) is 126 Å². The first-order valence-electron chi connectivity index (χ1n) is 12.3. The van der Waals surface area contributed by atoms with E-state index in [1.807, 2.05) is 48.2 Å². The van der Waals surface area contributed by atoms with E-state index in [0.29, 0.717) is 25.0 Å². The number of nitrogens with zero attached hydrogens (tertiary/aromatic N) is 7. The highest BCUT2D eigenvalue weighted by atomic mass is 35.5. The van der Waals surface area contributed by atoms with Crippen molar-refractivity contribution in [3.63, 3.8) is 0 Å². The smallest absolute Gasteiger partial charge is 0.355 e.